The summed E-state index contributed by atoms with van der Waals surface area (Å²) in [7, 11) is -3.48. The van der Waals surface area contributed by atoms with Gasteiger partial charge in [-0.1, -0.05) is 31.5 Å². The fourth-order valence-corrected chi connectivity index (χ4v) is 3.87. The van der Waals surface area contributed by atoms with Crippen molar-refractivity contribution in [2.75, 3.05) is 18.4 Å². The van der Waals surface area contributed by atoms with Crippen molar-refractivity contribution in [3.63, 3.8) is 0 Å². The van der Waals surface area contributed by atoms with Crippen molar-refractivity contribution in [3.05, 3.63) is 59.7 Å². The van der Waals surface area contributed by atoms with Crippen LogP contribution in [0.2, 0.25) is 0 Å². The number of hydrogen-bond donors (Lipinski definition) is 1. The van der Waals surface area contributed by atoms with Crippen LogP contribution in [0, 0.1) is 6.92 Å². The molecule has 0 atom stereocenters. The van der Waals surface area contributed by atoms with Gasteiger partial charge in [-0.15, -0.1) is 0 Å². The van der Waals surface area contributed by atoms with Crippen LogP contribution in [0.5, 0.6) is 0 Å². The van der Waals surface area contributed by atoms with Gasteiger partial charge in [-0.3, -0.25) is 4.79 Å². The van der Waals surface area contributed by atoms with Gasteiger partial charge in [0.2, 0.25) is 10.0 Å². The number of hydrogen-bond acceptors (Lipinski definition) is 3. The number of anilines is 1. The Bertz CT molecular complexity index is 810. The highest BCUT2D eigenvalue weighted by Gasteiger charge is 2.21. The lowest BCUT2D eigenvalue weighted by atomic mass is 10.1. The van der Waals surface area contributed by atoms with E-state index in [0.29, 0.717) is 24.3 Å². The van der Waals surface area contributed by atoms with E-state index in [-0.39, 0.29) is 10.8 Å². The number of carbonyl (C=O) groups is 1. The van der Waals surface area contributed by atoms with E-state index >= 15 is 0 Å². The van der Waals surface area contributed by atoms with Gasteiger partial charge in [0.05, 0.1) is 4.90 Å². The number of carbonyl (C=O) groups excluding carboxylic acids is 1. The van der Waals surface area contributed by atoms with E-state index in [2.05, 4.69) is 5.32 Å². The van der Waals surface area contributed by atoms with E-state index in [9.17, 15) is 13.2 Å². The molecule has 2 aromatic carbocycles. The summed E-state index contributed by atoms with van der Waals surface area (Å²) in [5.41, 5.74) is 2.12. The van der Waals surface area contributed by atoms with Gasteiger partial charge in [-0.25, -0.2) is 8.42 Å². The van der Waals surface area contributed by atoms with Gasteiger partial charge in [0.1, 0.15) is 0 Å². The summed E-state index contributed by atoms with van der Waals surface area (Å²) in [5.74, 6) is -0.224. The molecular weight excluding hydrogens is 324 g/mol. The summed E-state index contributed by atoms with van der Waals surface area (Å²) in [4.78, 5) is 12.4. The number of nitrogens with one attached hydrogen (secondary N) is 1. The molecule has 0 spiro atoms. The molecule has 24 heavy (non-hydrogen) atoms. The largest absolute Gasteiger partial charge is 0.322 e. The highest BCUT2D eigenvalue weighted by Crippen LogP contribution is 2.19. The Balaban J connectivity index is 2.17. The molecule has 6 heteroatoms. The molecule has 1 N–H and O–H groups in total. The van der Waals surface area contributed by atoms with Gasteiger partial charge in [-0.05, 0) is 43.3 Å². The number of sulfonamides is 1. The highest BCUT2D eigenvalue weighted by atomic mass is 32.2. The zero-order valence-electron chi connectivity index (χ0n) is 14.1. The van der Waals surface area contributed by atoms with Crippen LogP contribution in [-0.2, 0) is 10.0 Å². The third kappa shape index (κ3) is 4.01. The first-order chi connectivity index (χ1) is 11.4. The van der Waals surface area contributed by atoms with E-state index < -0.39 is 10.0 Å². The lowest BCUT2D eigenvalue weighted by molar-refractivity contribution is 0.102. The maximum absolute atomic E-state index is 12.4. The first-order valence-electron chi connectivity index (χ1n) is 7.86. The molecule has 0 radical (unpaired) electrons. The lowest BCUT2D eigenvalue weighted by Gasteiger charge is -2.18. The van der Waals surface area contributed by atoms with Crippen LogP contribution in [0.15, 0.2) is 53.4 Å². The van der Waals surface area contributed by atoms with Crippen LogP contribution in [0.1, 0.15) is 29.8 Å². The van der Waals surface area contributed by atoms with Gasteiger partial charge in [0.15, 0.2) is 0 Å². The van der Waals surface area contributed by atoms with Gasteiger partial charge >= 0.3 is 0 Å². The molecule has 128 valence electrons. The second-order valence-electron chi connectivity index (χ2n) is 5.44. The minimum absolute atomic E-state index is 0.222. The highest BCUT2D eigenvalue weighted by molar-refractivity contribution is 7.89. The van der Waals surface area contributed by atoms with E-state index in [1.54, 1.807) is 38.1 Å². The molecule has 1 amide bonds. The van der Waals surface area contributed by atoms with Crippen molar-refractivity contribution < 1.29 is 13.2 Å². The third-order valence-electron chi connectivity index (χ3n) is 3.74. The zero-order chi connectivity index (χ0) is 17.7. The zero-order valence-corrected chi connectivity index (χ0v) is 14.9. The van der Waals surface area contributed by atoms with Crippen molar-refractivity contribution in [1.29, 1.82) is 0 Å². The number of benzene rings is 2. The molecule has 0 bridgehead atoms. The summed E-state index contributed by atoms with van der Waals surface area (Å²) >= 11 is 0. The maximum Gasteiger partial charge on any atom is 0.255 e. The van der Waals surface area contributed by atoms with E-state index in [1.807, 2.05) is 19.1 Å². The van der Waals surface area contributed by atoms with Crippen LogP contribution in [-0.4, -0.2) is 31.7 Å². The summed E-state index contributed by atoms with van der Waals surface area (Å²) in [6.45, 7) is 6.37. The second-order valence-corrected chi connectivity index (χ2v) is 7.38. The molecule has 0 aromatic heterocycles. The van der Waals surface area contributed by atoms with E-state index in [1.165, 1.54) is 16.4 Å². The molecule has 2 aromatic rings. The third-order valence-corrected chi connectivity index (χ3v) is 5.80. The smallest absolute Gasteiger partial charge is 0.255 e. The van der Waals surface area contributed by atoms with Crippen molar-refractivity contribution in [3.8, 4) is 0 Å². The second kappa shape index (κ2) is 7.59. The maximum atomic E-state index is 12.4. The van der Waals surface area contributed by atoms with Crippen LogP contribution in [0.3, 0.4) is 0 Å². The van der Waals surface area contributed by atoms with E-state index in [0.717, 1.165) is 5.56 Å². The number of rotatable bonds is 6. The predicted molar refractivity (Wildman–Crippen MR) is 95.7 cm³/mol. The predicted octanol–water partition coefficient (Wildman–Crippen LogP) is 3.28. The Labute approximate surface area is 143 Å². The monoisotopic (exact) mass is 346 g/mol. The fourth-order valence-electron chi connectivity index (χ4n) is 2.41. The van der Waals surface area contributed by atoms with Crippen molar-refractivity contribution >= 4 is 21.6 Å². The first-order valence-corrected chi connectivity index (χ1v) is 9.30. The van der Waals surface area contributed by atoms with Crippen LogP contribution in [0.4, 0.5) is 5.69 Å². The number of amides is 1. The molecule has 0 fully saturated rings. The Morgan fingerprint density at radius 2 is 1.67 bits per heavy atom. The average molecular weight is 346 g/mol. The minimum Gasteiger partial charge on any atom is -0.322 e. The van der Waals surface area contributed by atoms with Gasteiger partial charge < -0.3 is 5.32 Å². The molecule has 0 saturated heterocycles. The molecule has 5 nitrogen and oxygen atoms in total. The summed E-state index contributed by atoms with van der Waals surface area (Å²) in [5, 5.41) is 2.77. The Kier molecular flexibility index (Phi) is 5.75. The van der Waals surface area contributed by atoms with Crippen molar-refractivity contribution in [2.45, 2.75) is 25.7 Å². The van der Waals surface area contributed by atoms with Crippen molar-refractivity contribution in [2.24, 2.45) is 0 Å². The normalized spacial score (nSPS) is 11.5. The van der Waals surface area contributed by atoms with Crippen molar-refractivity contribution in [1.82, 2.24) is 4.31 Å². The summed E-state index contributed by atoms with van der Waals surface area (Å²) in [6.07, 6.45) is 0. The molecule has 0 aliphatic rings. The fraction of sp³-hybridized carbons (Fsp3) is 0.278. The molecule has 0 aliphatic carbocycles. The number of nitrogens with zero attached hydrogens (tertiary/aromatic N) is 1. The number of aryl methyl sites for hydroxylation is 1. The summed E-state index contributed by atoms with van der Waals surface area (Å²) < 4.78 is 26.2. The Morgan fingerprint density at radius 1 is 1.04 bits per heavy atom. The Hall–Kier alpha value is -2.18. The van der Waals surface area contributed by atoms with Crippen LogP contribution < -0.4 is 5.32 Å². The lowest BCUT2D eigenvalue weighted by Crippen LogP contribution is -2.30. The molecular formula is C18H22N2O3S. The Morgan fingerprint density at radius 3 is 2.21 bits per heavy atom. The van der Waals surface area contributed by atoms with Gasteiger partial charge in [0, 0.05) is 24.3 Å². The van der Waals surface area contributed by atoms with Gasteiger partial charge in [-0.2, -0.15) is 4.31 Å². The molecule has 2 rings (SSSR count). The quantitative estimate of drug-likeness (QED) is 0.873. The molecule has 0 unspecified atom stereocenters. The molecule has 0 saturated carbocycles. The average Bonchev–Trinajstić information content (AvgIpc) is 2.56. The first kappa shape index (κ1) is 18.2. The topological polar surface area (TPSA) is 66.5 Å². The molecule has 0 aliphatic heterocycles. The van der Waals surface area contributed by atoms with Crippen LogP contribution >= 0.6 is 0 Å². The molecule has 0 heterocycles. The standard InChI is InChI=1S/C18H22N2O3S/c1-4-20(5-2)24(22,23)17-11-9-16(10-12-17)19-18(21)15-8-6-7-14(3)13-15/h6-13H,4-5H2,1-3H3,(H,19,21). The van der Waals surface area contributed by atoms with E-state index in [4.69, 9.17) is 0 Å². The summed E-state index contributed by atoms with van der Waals surface area (Å²) in [6, 6.07) is 13.5. The van der Waals surface area contributed by atoms with Gasteiger partial charge in [0.25, 0.3) is 5.91 Å². The minimum atomic E-state index is -3.48. The SMILES string of the molecule is CCN(CC)S(=O)(=O)c1ccc(NC(=O)c2cccc(C)c2)cc1. The van der Waals surface area contributed by atoms with Crippen LogP contribution in [0.25, 0.3) is 0 Å².